The number of rotatable bonds is 71. The summed E-state index contributed by atoms with van der Waals surface area (Å²) >= 11 is 0. The summed E-state index contributed by atoms with van der Waals surface area (Å²) in [7, 11) is 5.96. The van der Waals surface area contributed by atoms with Crippen LogP contribution in [0.15, 0.2) is 122 Å². The fourth-order valence-corrected chi connectivity index (χ4v) is 10.8. The van der Waals surface area contributed by atoms with Crippen LogP contribution in [0.1, 0.15) is 335 Å². The molecule has 0 aromatic carbocycles. The van der Waals surface area contributed by atoms with E-state index < -0.39 is 24.3 Å². The van der Waals surface area contributed by atoms with Crippen molar-refractivity contribution in [3.8, 4) is 0 Å². The van der Waals surface area contributed by atoms with Gasteiger partial charge in [-0.05, 0) is 103 Å². The van der Waals surface area contributed by atoms with Crippen LogP contribution in [0.5, 0.6) is 0 Å². The summed E-state index contributed by atoms with van der Waals surface area (Å²) in [4.78, 5) is 37.6. The van der Waals surface area contributed by atoms with Gasteiger partial charge in [0.25, 0.3) is 6.29 Å². The van der Waals surface area contributed by atoms with E-state index in [-0.39, 0.29) is 38.6 Å². The molecule has 93 heavy (non-hydrogen) atoms. The number of hydrogen-bond donors (Lipinski definition) is 1. The molecule has 2 atom stereocenters. The van der Waals surface area contributed by atoms with Crippen LogP contribution in [0.3, 0.4) is 0 Å². The van der Waals surface area contributed by atoms with Gasteiger partial charge in [-0.25, -0.2) is 4.79 Å². The molecule has 0 aliphatic heterocycles. The third-order valence-corrected chi connectivity index (χ3v) is 16.7. The molecule has 0 amide bonds. The molecule has 9 heteroatoms. The van der Waals surface area contributed by atoms with E-state index >= 15 is 0 Å². The number of likely N-dealkylation sites (N-methyl/N-ethyl adjacent to an activating group) is 1. The first kappa shape index (κ1) is 88.7. The van der Waals surface area contributed by atoms with E-state index in [1.165, 1.54) is 218 Å². The third-order valence-electron chi connectivity index (χ3n) is 16.7. The van der Waals surface area contributed by atoms with Crippen molar-refractivity contribution in [3.63, 3.8) is 0 Å². The molecular formula is C84H146NO8+. The normalized spacial score (nSPS) is 13.3. The number of carboxylic acid groups (broad SMARTS) is 1. The molecule has 0 radical (unpaired) electrons. The molecule has 0 aliphatic carbocycles. The maximum atomic E-state index is 12.9. The maximum Gasteiger partial charge on any atom is 0.361 e. The number of hydrogen-bond acceptors (Lipinski definition) is 7. The van der Waals surface area contributed by atoms with Gasteiger partial charge in [-0.15, -0.1) is 0 Å². The number of aliphatic carboxylic acids is 1. The Kier molecular flexibility index (Phi) is 70.1. The third kappa shape index (κ3) is 74.9. The van der Waals surface area contributed by atoms with Crippen LogP contribution in [0.25, 0.3) is 0 Å². The zero-order chi connectivity index (χ0) is 67.5. The molecule has 0 spiro atoms. The van der Waals surface area contributed by atoms with Crippen molar-refractivity contribution >= 4 is 17.9 Å². The standard InChI is InChI=1S/C84H145NO8/c1-6-8-10-12-14-16-18-20-22-24-26-28-30-32-34-36-37-38-39-40-41-42-43-44-45-47-48-50-52-54-56-58-60-62-64-66-68-70-72-74-81(86)91-78-80(79-92-84(83(88)89)90-77-76-85(3,4)5)93-82(87)75-73-71-69-67-65-63-61-59-57-55-53-51-49-46-35-33-31-29-27-25-23-21-19-17-15-13-11-9-7-2/h9,11,15,17,21,23-24,26-27,29,33,35,49,51,55,57,61,63,67,69,80,84H,6-8,10,12-14,16,18-20,22,25,28,30-32,34,36-48,50,52-54,56,58-60,62,64-66,68,70-79H2,1-5H3/p+1/b11-9-,17-15-,23-21-,26-24-,29-27-,35-33-,51-49-,57-55-,63-61-,69-67-. The zero-order valence-electron chi connectivity index (χ0n) is 61.1. The van der Waals surface area contributed by atoms with Gasteiger partial charge in [-0.3, -0.25) is 9.59 Å². The lowest BCUT2D eigenvalue weighted by molar-refractivity contribution is -0.870. The molecule has 0 bridgehead atoms. The number of ether oxygens (including phenoxy) is 4. The van der Waals surface area contributed by atoms with Crippen LogP contribution in [0, 0.1) is 0 Å². The summed E-state index contributed by atoms with van der Waals surface area (Å²) in [5.74, 6) is -2.08. The second kappa shape index (κ2) is 73.5. The largest absolute Gasteiger partial charge is 0.477 e. The second-order valence-corrected chi connectivity index (χ2v) is 26.9. The predicted octanol–water partition coefficient (Wildman–Crippen LogP) is 24.7. The number of nitrogens with zero attached hydrogens (tertiary/aromatic N) is 1. The van der Waals surface area contributed by atoms with Crippen molar-refractivity contribution in [2.24, 2.45) is 0 Å². The summed E-state index contributed by atoms with van der Waals surface area (Å²) in [6, 6.07) is 0. The van der Waals surface area contributed by atoms with Crippen molar-refractivity contribution in [1.82, 2.24) is 0 Å². The quantitative estimate of drug-likeness (QED) is 0.0211. The van der Waals surface area contributed by atoms with Gasteiger partial charge in [-0.1, -0.05) is 341 Å². The highest BCUT2D eigenvalue weighted by atomic mass is 16.7. The second-order valence-electron chi connectivity index (χ2n) is 26.9. The van der Waals surface area contributed by atoms with Gasteiger partial charge in [0.1, 0.15) is 13.2 Å². The molecule has 0 aromatic rings. The molecular weight excluding hydrogens is 1150 g/mol. The average molecular weight is 1300 g/mol. The molecule has 2 unspecified atom stereocenters. The molecule has 0 saturated heterocycles. The van der Waals surface area contributed by atoms with E-state index in [4.69, 9.17) is 18.9 Å². The van der Waals surface area contributed by atoms with Gasteiger partial charge >= 0.3 is 17.9 Å². The van der Waals surface area contributed by atoms with Gasteiger partial charge in [0, 0.05) is 12.8 Å². The number of carbonyl (C=O) groups excluding carboxylic acids is 2. The summed E-state index contributed by atoms with van der Waals surface area (Å²) < 4.78 is 22.9. The highest BCUT2D eigenvalue weighted by Gasteiger charge is 2.25. The number of allylic oxidation sites excluding steroid dienone is 20. The van der Waals surface area contributed by atoms with E-state index in [2.05, 4.69) is 135 Å². The monoisotopic (exact) mass is 1300 g/mol. The minimum atomic E-state index is -1.53. The Morgan fingerprint density at radius 1 is 0.333 bits per heavy atom. The molecule has 0 saturated carbocycles. The zero-order valence-corrected chi connectivity index (χ0v) is 61.1. The maximum absolute atomic E-state index is 12.9. The lowest BCUT2D eigenvalue weighted by atomic mass is 10.0. The average Bonchev–Trinajstić information content (AvgIpc) is 3.74. The number of carbonyl (C=O) groups is 3. The van der Waals surface area contributed by atoms with E-state index in [0.29, 0.717) is 23.9 Å². The summed E-state index contributed by atoms with van der Waals surface area (Å²) in [6.45, 7) is 4.72. The molecule has 0 aromatic heterocycles. The van der Waals surface area contributed by atoms with Crippen molar-refractivity contribution < 1.29 is 42.9 Å². The van der Waals surface area contributed by atoms with Crippen LogP contribution in [0.2, 0.25) is 0 Å². The first-order chi connectivity index (χ1) is 45.6. The minimum Gasteiger partial charge on any atom is -0.477 e. The van der Waals surface area contributed by atoms with Gasteiger partial charge in [0.15, 0.2) is 6.10 Å². The Bertz CT molecular complexity index is 1950. The fourth-order valence-electron chi connectivity index (χ4n) is 10.8. The molecule has 534 valence electrons. The lowest BCUT2D eigenvalue weighted by Crippen LogP contribution is -2.40. The molecule has 0 rings (SSSR count). The van der Waals surface area contributed by atoms with Crippen molar-refractivity contribution in [2.75, 3.05) is 47.5 Å². The fraction of sp³-hybridized carbons (Fsp3) is 0.726. The van der Waals surface area contributed by atoms with Crippen LogP contribution in [0.4, 0.5) is 0 Å². The van der Waals surface area contributed by atoms with Gasteiger partial charge in [0.2, 0.25) is 0 Å². The van der Waals surface area contributed by atoms with Crippen LogP contribution in [-0.4, -0.2) is 87.4 Å². The van der Waals surface area contributed by atoms with E-state index in [1.54, 1.807) is 0 Å². The predicted molar refractivity (Wildman–Crippen MR) is 401 cm³/mol. The Hall–Kier alpha value is -4.31. The van der Waals surface area contributed by atoms with Crippen LogP contribution < -0.4 is 0 Å². The first-order valence-corrected chi connectivity index (χ1v) is 38.7. The van der Waals surface area contributed by atoms with Gasteiger partial charge in [0.05, 0.1) is 34.4 Å². The Morgan fingerprint density at radius 3 is 0.957 bits per heavy atom. The first-order valence-electron chi connectivity index (χ1n) is 38.7. The summed E-state index contributed by atoms with van der Waals surface area (Å²) in [6.07, 6.45) is 102. The topological polar surface area (TPSA) is 108 Å². The molecule has 0 aliphatic rings. The Morgan fingerprint density at radius 2 is 0.624 bits per heavy atom. The number of unbranched alkanes of at least 4 members (excludes halogenated alkanes) is 36. The van der Waals surface area contributed by atoms with E-state index in [9.17, 15) is 19.5 Å². The molecule has 0 heterocycles. The highest BCUT2D eigenvalue weighted by molar-refractivity contribution is 5.71. The van der Waals surface area contributed by atoms with E-state index in [0.717, 1.165) is 77.0 Å². The summed E-state index contributed by atoms with van der Waals surface area (Å²) in [5, 5.41) is 9.75. The summed E-state index contributed by atoms with van der Waals surface area (Å²) in [5.41, 5.74) is 0. The molecule has 0 fully saturated rings. The highest BCUT2D eigenvalue weighted by Crippen LogP contribution is 2.18. The van der Waals surface area contributed by atoms with Crippen molar-refractivity contribution in [3.05, 3.63) is 122 Å². The van der Waals surface area contributed by atoms with Gasteiger partial charge in [-0.2, -0.15) is 0 Å². The number of carboxylic acids is 1. The van der Waals surface area contributed by atoms with Crippen molar-refractivity contribution in [2.45, 2.75) is 347 Å². The Labute approximate surface area is 574 Å². The van der Waals surface area contributed by atoms with Crippen molar-refractivity contribution in [1.29, 1.82) is 0 Å². The Balaban J connectivity index is 4.09. The minimum absolute atomic E-state index is 0.172. The number of esters is 2. The van der Waals surface area contributed by atoms with Crippen LogP contribution >= 0.6 is 0 Å². The smallest absolute Gasteiger partial charge is 0.361 e. The van der Waals surface area contributed by atoms with Gasteiger partial charge < -0.3 is 28.5 Å². The SMILES string of the molecule is CC/C=C\C/C=C\C/C=C\C/C=C\C/C=C\C/C=C\C/C=C\C/C=C\C/C=C\CCCC(=O)OC(COC(=O)CCCCCCCCCCCCCCCCCCCCCCCCCCCCC/C=C\CCCCCCCCCC)COC(OCC[N+](C)(C)C)C(=O)O. The number of quaternary nitrogens is 1. The van der Waals surface area contributed by atoms with Crippen LogP contribution in [-0.2, 0) is 33.3 Å². The molecule has 9 nitrogen and oxygen atoms in total. The van der Waals surface area contributed by atoms with E-state index in [1.807, 2.05) is 21.1 Å². The lowest BCUT2D eigenvalue weighted by Gasteiger charge is -2.25. The molecule has 1 N–H and O–H groups in total.